The van der Waals surface area contributed by atoms with Crippen molar-refractivity contribution in [1.29, 1.82) is 0 Å². The summed E-state index contributed by atoms with van der Waals surface area (Å²) in [4.78, 5) is 13.3. The molecule has 0 amide bonds. The lowest BCUT2D eigenvalue weighted by Crippen LogP contribution is -2.51. The van der Waals surface area contributed by atoms with Crippen LogP contribution in [0.3, 0.4) is 0 Å². The summed E-state index contributed by atoms with van der Waals surface area (Å²) >= 11 is 0. The molecule has 0 spiro atoms. The van der Waals surface area contributed by atoms with Gasteiger partial charge >= 0.3 is 0 Å². The topological polar surface area (TPSA) is 16.2 Å². The second kappa shape index (κ2) is 16.6. The predicted octanol–water partition coefficient (Wildman–Crippen LogP) is 5.75. The average Bonchev–Trinajstić information content (AvgIpc) is 2.68. The van der Waals surface area contributed by atoms with Gasteiger partial charge in [0.1, 0.15) is 0 Å². The minimum atomic E-state index is 0.210. The van der Waals surface area contributed by atoms with Crippen LogP contribution in [0.15, 0.2) is 0 Å². The van der Waals surface area contributed by atoms with Crippen LogP contribution in [0.25, 0.3) is 0 Å². The largest absolute Gasteiger partial charge is 0.298 e. The fourth-order valence-electron chi connectivity index (χ4n) is 5.36. The highest BCUT2D eigenvalue weighted by Gasteiger charge is 2.25. The zero-order chi connectivity index (χ0) is 27.5. The van der Waals surface area contributed by atoms with E-state index >= 15 is 0 Å². The molecule has 0 radical (unpaired) electrons. The first kappa shape index (κ1) is 34.8. The first-order chi connectivity index (χ1) is 16.0. The molecule has 5 heteroatoms. The summed E-state index contributed by atoms with van der Waals surface area (Å²) in [5.74, 6) is 0. The van der Waals surface area contributed by atoms with Gasteiger partial charge in [-0.2, -0.15) is 0 Å². The Kier molecular flexibility index (Phi) is 16.5. The summed E-state index contributed by atoms with van der Waals surface area (Å²) in [5, 5.41) is 0. The van der Waals surface area contributed by atoms with E-state index < -0.39 is 0 Å². The van der Waals surface area contributed by atoms with Gasteiger partial charge in [-0.05, 0) is 104 Å². The van der Waals surface area contributed by atoms with E-state index in [4.69, 9.17) is 0 Å². The quantitative estimate of drug-likeness (QED) is 0.239. The van der Waals surface area contributed by atoms with Crippen molar-refractivity contribution in [2.24, 2.45) is 0 Å². The molecule has 0 aromatic rings. The highest BCUT2D eigenvalue weighted by molar-refractivity contribution is 4.81. The zero-order valence-electron chi connectivity index (χ0n) is 26.9. The van der Waals surface area contributed by atoms with Gasteiger partial charge in [-0.1, -0.05) is 0 Å². The van der Waals surface area contributed by atoms with E-state index in [9.17, 15) is 0 Å². The molecule has 0 saturated heterocycles. The third-order valence-corrected chi connectivity index (χ3v) is 7.62. The van der Waals surface area contributed by atoms with Crippen LogP contribution in [0.2, 0.25) is 0 Å². The van der Waals surface area contributed by atoms with Gasteiger partial charge in [0.25, 0.3) is 0 Å². The molecule has 35 heavy (non-hydrogen) atoms. The Morgan fingerprint density at radius 1 is 0.371 bits per heavy atom. The third kappa shape index (κ3) is 13.8. The molecule has 0 unspecified atom stereocenters. The maximum Gasteiger partial charge on any atom is 0.0128 e. The maximum atomic E-state index is 2.69. The highest BCUT2D eigenvalue weighted by Crippen LogP contribution is 2.17. The van der Waals surface area contributed by atoms with Gasteiger partial charge in [0.15, 0.2) is 0 Å². The van der Waals surface area contributed by atoms with Crippen molar-refractivity contribution in [3.8, 4) is 0 Å². The molecule has 0 heterocycles. The van der Waals surface area contributed by atoms with E-state index in [2.05, 4.69) is 128 Å². The number of nitrogens with zero attached hydrogens (tertiary/aromatic N) is 5. The monoisotopic (exact) mass is 498 g/mol. The molecule has 0 saturated carbocycles. The van der Waals surface area contributed by atoms with Crippen molar-refractivity contribution in [1.82, 2.24) is 24.5 Å². The molecule has 0 aromatic heterocycles. The van der Waals surface area contributed by atoms with E-state index in [1.54, 1.807) is 0 Å². The van der Waals surface area contributed by atoms with Crippen LogP contribution in [-0.4, -0.2) is 119 Å². The van der Waals surface area contributed by atoms with Crippen LogP contribution >= 0.6 is 0 Å². The Morgan fingerprint density at radius 2 is 0.657 bits per heavy atom. The lowest BCUT2D eigenvalue weighted by molar-refractivity contribution is 0.0691. The van der Waals surface area contributed by atoms with Crippen molar-refractivity contribution in [3.05, 3.63) is 0 Å². The zero-order valence-corrected chi connectivity index (χ0v) is 26.9. The summed E-state index contributed by atoms with van der Waals surface area (Å²) in [5.41, 5.74) is 0.210. The third-order valence-electron chi connectivity index (χ3n) is 7.62. The molecule has 0 N–H and O–H groups in total. The summed E-state index contributed by atoms with van der Waals surface area (Å²) in [6.45, 7) is 44.2. The first-order valence-corrected chi connectivity index (χ1v) is 14.7. The van der Waals surface area contributed by atoms with Gasteiger partial charge in [0, 0.05) is 94.1 Å². The van der Waals surface area contributed by atoms with Gasteiger partial charge in [-0.15, -0.1) is 0 Å². The molecule has 0 fully saturated rings. The summed E-state index contributed by atoms with van der Waals surface area (Å²) in [6, 6.07) is 3.49. The lowest BCUT2D eigenvalue weighted by atomic mass is 10.0. The smallest absolute Gasteiger partial charge is 0.0128 e. The summed E-state index contributed by atoms with van der Waals surface area (Å²) in [7, 11) is 0. The normalized spacial score (nSPS) is 13.9. The Hall–Kier alpha value is -0.200. The molecule has 212 valence electrons. The Labute approximate surface area is 222 Å². The fraction of sp³-hybridized carbons (Fsp3) is 1.00. The second-order valence-corrected chi connectivity index (χ2v) is 13.3. The molecule has 0 aliphatic heterocycles. The van der Waals surface area contributed by atoms with E-state index in [-0.39, 0.29) is 5.54 Å². The molecule has 0 bridgehead atoms. The number of rotatable bonds is 18. The van der Waals surface area contributed by atoms with Crippen molar-refractivity contribution in [3.63, 3.8) is 0 Å². The second-order valence-electron chi connectivity index (χ2n) is 13.3. The Morgan fingerprint density at radius 3 is 0.886 bits per heavy atom. The van der Waals surface area contributed by atoms with E-state index in [0.29, 0.717) is 36.3 Å². The molecular weight excluding hydrogens is 430 g/mol. The summed E-state index contributed by atoms with van der Waals surface area (Å²) < 4.78 is 0. The van der Waals surface area contributed by atoms with E-state index in [1.165, 1.54) is 0 Å². The summed E-state index contributed by atoms with van der Waals surface area (Å²) in [6.07, 6.45) is 0. The van der Waals surface area contributed by atoms with Crippen LogP contribution in [0.4, 0.5) is 0 Å². The molecule has 0 aliphatic rings. The van der Waals surface area contributed by atoms with Crippen molar-refractivity contribution < 1.29 is 0 Å². The van der Waals surface area contributed by atoms with E-state index in [1.807, 2.05) is 0 Å². The van der Waals surface area contributed by atoms with Gasteiger partial charge < -0.3 is 0 Å². The number of hydrogen-bond acceptors (Lipinski definition) is 5. The van der Waals surface area contributed by atoms with Crippen LogP contribution in [0, 0.1) is 0 Å². The number of hydrogen-bond donors (Lipinski definition) is 0. The van der Waals surface area contributed by atoms with Crippen molar-refractivity contribution >= 4 is 0 Å². The first-order valence-electron chi connectivity index (χ1n) is 14.7. The van der Waals surface area contributed by atoms with Gasteiger partial charge in [-0.3, -0.25) is 24.5 Å². The minimum Gasteiger partial charge on any atom is -0.298 e. The molecule has 0 aliphatic carbocycles. The minimum absolute atomic E-state index is 0.210. The van der Waals surface area contributed by atoms with Crippen LogP contribution in [0.5, 0.6) is 0 Å². The predicted molar refractivity (Wildman–Crippen MR) is 159 cm³/mol. The van der Waals surface area contributed by atoms with Gasteiger partial charge in [-0.25, -0.2) is 0 Å². The van der Waals surface area contributed by atoms with Gasteiger partial charge in [0.05, 0.1) is 0 Å². The highest BCUT2D eigenvalue weighted by atomic mass is 15.3. The molecular formula is C30H67N5. The van der Waals surface area contributed by atoms with Crippen LogP contribution in [0.1, 0.15) is 104 Å². The van der Waals surface area contributed by atoms with Crippen molar-refractivity contribution in [2.45, 2.75) is 146 Å². The van der Waals surface area contributed by atoms with Crippen LogP contribution < -0.4 is 0 Å². The fourth-order valence-corrected chi connectivity index (χ4v) is 5.36. The van der Waals surface area contributed by atoms with Gasteiger partial charge in [0.2, 0.25) is 0 Å². The molecule has 5 nitrogen and oxygen atoms in total. The van der Waals surface area contributed by atoms with Crippen LogP contribution in [-0.2, 0) is 0 Å². The molecule has 0 atom stereocenters. The molecule has 0 aromatic carbocycles. The van der Waals surface area contributed by atoms with Crippen molar-refractivity contribution in [2.75, 3.05) is 52.4 Å². The molecule has 0 rings (SSSR count). The lowest BCUT2D eigenvalue weighted by Gasteiger charge is -2.41. The standard InChI is InChI=1S/C30H67N5/c1-24(2)31(16-18-32(25(3)4)20-22-34(27(7)8)28(9)10)17-19-33(26(5)6)21-23-35(29(11)12)30(13,14)15/h24-29H,16-23H2,1-15H3. The Balaban J connectivity index is 5.02. The van der Waals surface area contributed by atoms with E-state index in [0.717, 1.165) is 52.4 Å². The Bertz CT molecular complexity index is 513. The maximum absolute atomic E-state index is 2.69. The average molecular weight is 498 g/mol. The SMILES string of the molecule is CC(C)N(CCN(CCN(C(C)C)C(C)C)C(C)C)CCN(CCN(C(C)C)C(C)(C)C)C(C)C.